The summed E-state index contributed by atoms with van der Waals surface area (Å²) in [5.74, 6) is -0.906. The lowest BCUT2D eigenvalue weighted by molar-refractivity contribution is -0.121. The van der Waals surface area contributed by atoms with Crippen LogP contribution in [0.4, 0.5) is 14.5 Å². The predicted molar refractivity (Wildman–Crippen MR) is 88.6 cm³/mol. The maximum Gasteiger partial charge on any atom is 0.246 e. The van der Waals surface area contributed by atoms with Gasteiger partial charge in [0.05, 0.1) is 0 Å². The molecule has 0 aromatic heterocycles. The average Bonchev–Trinajstić information content (AvgIpc) is 2.60. The second-order valence-corrected chi connectivity index (χ2v) is 5.74. The van der Waals surface area contributed by atoms with E-state index in [0.717, 1.165) is 31.7 Å². The van der Waals surface area contributed by atoms with E-state index in [1.165, 1.54) is 36.4 Å². The average molecular weight is 331 g/mol. The zero-order valence-electron chi connectivity index (χ0n) is 13.1. The number of carbonyl (C=O) groups is 1. The lowest BCUT2D eigenvalue weighted by Gasteiger charge is -2.34. The highest BCUT2D eigenvalue weighted by molar-refractivity contribution is 5.95. The number of anilines is 1. The van der Waals surface area contributed by atoms with Crippen LogP contribution in [0.1, 0.15) is 11.6 Å². The van der Waals surface area contributed by atoms with E-state index in [0.29, 0.717) is 5.69 Å². The van der Waals surface area contributed by atoms with Crippen LogP contribution in [0.3, 0.4) is 0 Å². The summed E-state index contributed by atoms with van der Waals surface area (Å²) >= 11 is 0. The van der Waals surface area contributed by atoms with Gasteiger partial charge < -0.3 is 10.6 Å². The molecule has 1 aliphatic heterocycles. The Hall–Kier alpha value is -2.31. The Morgan fingerprint density at radius 3 is 2.08 bits per heavy atom. The molecule has 0 bridgehead atoms. The van der Waals surface area contributed by atoms with Gasteiger partial charge in [0.1, 0.15) is 17.7 Å². The van der Waals surface area contributed by atoms with Crippen LogP contribution in [0.15, 0.2) is 48.5 Å². The van der Waals surface area contributed by atoms with Gasteiger partial charge in [-0.05, 0) is 42.0 Å². The molecule has 0 radical (unpaired) electrons. The van der Waals surface area contributed by atoms with Crippen molar-refractivity contribution in [2.75, 3.05) is 31.5 Å². The highest BCUT2D eigenvalue weighted by atomic mass is 19.1. The molecule has 126 valence electrons. The van der Waals surface area contributed by atoms with E-state index in [4.69, 9.17) is 0 Å². The maximum atomic E-state index is 13.2. The van der Waals surface area contributed by atoms with E-state index in [9.17, 15) is 13.6 Å². The standard InChI is InChI=1S/C18H19F2N3O/c19-14-3-1-13(2-4-14)17(23-11-9-21-10-12-23)18(24)22-16-7-5-15(20)6-8-16/h1-8,17,21H,9-12H2,(H,22,24). The topological polar surface area (TPSA) is 44.4 Å². The Balaban J connectivity index is 1.83. The first-order valence-corrected chi connectivity index (χ1v) is 7.90. The van der Waals surface area contributed by atoms with Crippen LogP contribution in [0.2, 0.25) is 0 Å². The second kappa shape index (κ2) is 7.51. The molecule has 0 spiro atoms. The molecule has 1 saturated heterocycles. The molecule has 2 N–H and O–H groups in total. The number of hydrogen-bond donors (Lipinski definition) is 2. The number of halogens is 2. The van der Waals surface area contributed by atoms with Crippen molar-refractivity contribution in [3.8, 4) is 0 Å². The summed E-state index contributed by atoms with van der Waals surface area (Å²) in [6, 6.07) is 11.1. The van der Waals surface area contributed by atoms with E-state index in [2.05, 4.69) is 15.5 Å². The summed E-state index contributed by atoms with van der Waals surface area (Å²) in [6.45, 7) is 3.03. The fourth-order valence-electron chi connectivity index (χ4n) is 2.86. The van der Waals surface area contributed by atoms with Gasteiger partial charge in [-0.3, -0.25) is 9.69 Å². The lowest BCUT2D eigenvalue weighted by atomic mass is 10.0. The van der Waals surface area contributed by atoms with Gasteiger partial charge in [0.15, 0.2) is 0 Å². The second-order valence-electron chi connectivity index (χ2n) is 5.74. The van der Waals surface area contributed by atoms with Crippen molar-refractivity contribution in [1.82, 2.24) is 10.2 Å². The van der Waals surface area contributed by atoms with Crippen molar-refractivity contribution in [3.05, 3.63) is 65.7 Å². The Bertz CT molecular complexity index is 682. The van der Waals surface area contributed by atoms with Crippen molar-refractivity contribution in [2.45, 2.75) is 6.04 Å². The number of piperazine rings is 1. The van der Waals surface area contributed by atoms with Crippen LogP contribution < -0.4 is 10.6 Å². The summed E-state index contributed by atoms with van der Waals surface area (Å²) in [7, 11) is 0. The summed E-state index contributed by atoms with van der Waals surface area (Å²) in [5.41, 5.74) is 1.27. The first kappa shape index (κ1) is 16.5. The van der Waals surface area contributed by atoms with Crippen molar-refractivity contribution in [2.24, 2.45) is 0 Å². The number of nitrogens with zero attached hydrogens (tertiary/aromatic N) is 1. The van der Waals surface area contributed by atoms with Gasteiger partial charge in [-0.25, -0.2) is 8.78 Å². The van der Waals surface area contributed by atoms with E-state index >= 15 is 0 Å². The highest BCUT2D eigenvalue weighted by Gasteiger charge is 2.28. The molecule has 2 aromatic rings. The predicted octanol–water partition coefficient (Wildman–Crippen LogP) is 2.55. The van der Waals surface area contributed by atoms with Gasteiger partial charge in [-0.15, -0.1) is 0 Å². The molecular formula is C18H19F2N3O. The minimum atomic E-state index is -0.516. The van der Waals surface area contributed by atoms with Crippen LogP contribution >= 0.6 is 0 Å². The monoisotopic (exact) mass is 331 g/mol. The zero-order chi connectivity index (χ0) is 16.9. The molecule has 0 aliphatic carbocycles. The van der Waals surface area contributed by atoms with E-state index in [1.54, 1.807) is 12.1 Å². The Kier molecular flexibility index (Phi) is 5.17. The Morgan fingerprint density at radius 1 is 0.958 bits per heavy atom. The molecule has 3 rings (SSSR count). The molecule has 1 atom stereocenters. The molecular weight excluding hydrogens is 312 g/mol. The van der Waals surface area contributed by atoms with Gasteiger partial charge in [0.2, 0.25) is 5.91 Å². The third-order valence-corrected chi connectivity index (χ3v) is 4.06. The molecule has 24 heavy (non-hydrogen) atoms. The summed E-state index contributed by atoms with van der Waals surface area (Å²) in [4.78, 5) is 14.9. The van der Waals surface area contributed by atoms with Gasteiger partial charge >= 0.3 is 0 Å². The van der Waals surface area contributed by atoms with Crippen LogP contribution in [-0.4, -0.2) is 37.0 Å². The number of carbonyl (C=O) groups excluding carboxylic acids is 1. The zero-order valence-corrected chi connectivity index (χ0v) is 13.1. The number of hydrogen-bond acceptors (Lipinski definition) is 3. The number of nitrogens with one attached hydrogen (secondary N) is 2. The SMILES string of the molecule is O=C(Nc1ccc(F)cc1)C(c1ccc(F)cc1)N1CCNCC1. The molecule has 6 heteroatoms. The van der Waals surface area contributed by atoms with E-state index in [1.807, 2.05) is 0 Å². The molecule has 1 amide bonds. The molecule has 0 saturated carbocycles. The molecule has 1 heterocycles. The Labute approximate surface area is 139 Å². The Morgan fingerprint density at radius 2 is 1.50 bits per heavy atom. The largest absolute Gasteiger partial charge is 0.324 e. The normalized spacial score (nSPS) is 16.6. The minimum Gasteiger partial charge on any atom is -0.324 e. The lowest BCUT2D eigenvalue weighted by Crippen LogP contribution is -2.48. The van der Waals surface area contributed by atoms with Crippen LogP contribution in [-0.2, 0) is 4.79 Å². The smallest absolute Gasteiger partial charge is 0.246 e. The number of benzene rings is 2. The van der Waals surface area contributed by atoms with Crippen molar-refractivity contribution >= 4 is 11.6 Å². The fraction of sp³-hybridized carbons (Fsp3) is 0.278. The molecule has 1 fully saturated rings. The highest BCUT2D eigenvalue weighted by Crippen LogP contribution is 2.24. The van der Waals surface area contributed by atoms with Crippen LogP contribution in [0.25, 0.3) is 0 Å². The summed E-state index contributed by atoms with van der Waals surface area (Å²) < 4.78 is 26.2. The third kappa shape index (κ3) is 3.96. The van der Waals surface area contributed by atoms with Gasteiger partial charge in [-0.2, -0.15) is 0 Å². The number of amides is 1. The maximum absolute atomic E-state index is 13.2. The van der Waals surface area contributed by atoms with Crippen LogP contribution in [0.5, 0.6) is 0 Å². The van der Waals surface area contributed by atoms with Crippen molar-refractivity contribution in [1.29, 1.82) is 0 Å². The third-order valence-electron chi connectivity index (χ3n) is 4.06. The van der Waals surface area contributed by atoms with Crippen LogP contribution in [0, 0.1) is 11.6 Å². The van der Waals surface area contributed by atoms with Gasteiger partial charge in [0, 0.05) is 31.9 Å². The quantitative estimate of drug-likeness (QED) is 0.905. The summed E-state index contributed by atoms with van der Waals surface area (Å²) in [5, 5.41) is 6.07. The molecule has 1 aliphatic rings. The van der Waals surface area contributed by atoms with E-state index < -0.39 is 6.04 Å². The van der Waals surface area contributed by atoms with Gasteiger partial charge in [-0.1, -0.05) is 12.1 Å². The molecule has 2 aromatic carbocycles. The first-order valence-electron chi connectivity index (χ1n) is 7.90. The molecule has 1 unspecified atom stereocenters. The van der Waals surface area contributed by atoms with E-state index in [-0.39, 0.29) is 17.5 Å². The van der Waals surface area contributed by atoms with Crippen molar-refractivity contribution < 1.29 is 13.6 Å². The molecule has 4 nitrogen and oxygen atoms in total. The minimum absolute atomic E-state index is 0.213. The fourth-order valence-corrected chi connectivity index (χ4v) is 2.86. The number of rotatable bonds is 4. The first-order chi connectivity index (χ1) is 11.6. The van der Waals surface area contributed by atoms with Gasteiger partial charge in [0.25, 0.3) is 0 Å². The summed E-state index contributed by atoms with van der Waals surface area (Å²) in [6.07, 6.45) is 0. The van der Waals surface area contributed by atoms with Crippen molar-refractivity contribution in [3.63, 3.8) is 0 Å².